The van der Waals surface area contributed by atoms with Crippen molar-refractivity contribution in [1.29, 1.82) is 0 Å². The first-order chi connectivity index (χ1) is 14.2. The number of carboxylic acid groups (broad SMARTS) is 1. The number of para-hydroxylation sites is 1. The second kappa shape index (κ2) is 11.4. The molecule has 8 nitrogen and oxygen atoms in total. The zero-order chi connectivity index (χ0) is 22.1. The molecule has 0 aliphatic carbocycles. The van der Waals surface area contributed by atoms with Gasteiger partial charge in [-0.05, 0) is 43.7 Å². The molecule has 2 atom stereocenters. The van der Waals surface area contributed by atoms with Crippen LogP contribution < -0.4 is 9.61 Å². The zero-order valence-corrected chi connectivity index (χ0v) is 19.0. The van der Waals surface area contributed by atoms with E-state index in [1.54, 1.807) is 36.4 Å². The van der Waals surface area contributed by atoms with E-state index in [1.165, 1.54) is 12.1 Å². The van der Waals surface area contributed by atoms with Crippen molar-refractivity contribution in [3.63, 3.8) is 0 Å². The molecule has 2 rings (SSSR count). The highest BCUT2D eigenvalue weighted by Gasteiger charge is 2.31. The number of rotatable bonds is 12. The number of aromatic carboxylic acids is 1. The van der Waals surface area contributed by atoms with Crippen LogP contribution in [0.4, 0.5) is 0 Å². The standard InChI is InChI=1S/C20H23BrNO7P/c1-14(2)27-13-17(11-23)22-30(26,29-18-6-4-3-5-7-18)28-12-16-9-8-15(20(24)25)10-19(16)21/h3-11,14,17H,12-13H2,1-2H3,(H,22,26)(H,24,25)/t17-,30?/m1/s1. The average molecular weight is 500 g/mol. The van der Waals surface area contributed by atoms with Crippen molar-refractivity contribution in [2.75, 3.05) is 6.61 Å². The lowest BCUT2D eigenvalue weighted by Gasteiger charge is -2.23. The SMILES string of the molecule is CC(C)OC[C@@H](C=O)NP(=O)(OCc1ccc(C(=O)O)cc1Br)Oc1ccccc1. The average Bonchev–Trinajstić information content (AvgIpc) is 2.70. The van der Waals surface area contributed by atoms with Crippen LogP contribution in [0, 0.1) is 0 Å². The van der Waals surface area contributed by atoms with Gasteiger partial charge in [0.2, 0.25) is 0 Å². The van der Waals surface area contributed by atoms with Crippen molar-refractivity contribution in [3.8, 4) is 5.75 Å². The maximum Gasteiger partial charge on any atom is 0.459 e. The molecule has 0 aromatic heterocycles. The second-order valence-corrected chi connectivity index (χ2v) is 9.09. The van der Waals surface area contributed by atoms with Crippen LogP contribution in [0.25, 0.3) is 0 Å². The Labute approximate surface area is 183 Å². The number of carbonyl (C=O) groups is 2. The molecule has 0 fully saturated rings. The highest BCUT2D eigenvalue weighted by molar-refractivity contribution is 9.10. The largest absolute Gasteiger partial charge is 0.478 e. The number of aldehydes is 1. The summed E-state index contributed by atoms with van der Waals surface area (Å²) in [6.07, 6.45) is 0.456. The minimum absolute atomic E-state index is 0.0102. The van der Waals surface area contributed by atoms with E-state index in [1.807, 2.05) is 13.8 Å². The number of hydrogen-bond acceptors (Lipinski definition) is 6. The fourth-order valence-corrected chi connectivity index (χ4v) is 4.19. The summed E-state index contributed by atoms with van der Waals surface area (Å²) in [4.78, 5) is 22.5. The van der Waals surface area contributed by atoms with Crippen LogP contribution in [0.2, 0.25) is 0 Å². The molecule has 1 unspecified atom stereocenters. The van der Waals surface area contributed by atoms with Crippen molar-refractivity contribution in [1.82, 2.24) is 5.09 Å². The fraction of sp³-hybridized carbons (Fsp3) is 0.300. The molecule has 0 spiro atoms. The summed E-state index contributed by atoms with van der Waals surface area (Å²) < 4.78 is 30.4. The molecule has 2 N–H and O–H groups in total. The van der Waals surface area contributed by atoms with E-state index in [0.717, 1.165) is 0 Å². The van der Waals surface area contributed by atoms with Gasteiger partial charge in [0.1, 0.15) is 12.0 Å². The maximum atomic E-state index is 13.4. The normalized spacial score (nSPS) is 14.1. The molecule has 0 bridgehead atoms. The van der Waals surface area contributed by atoms with Gasteiger partial charge in [-0.1, -0.05) is 40.2 Å². The highest BCUT2D eigenvalue weighted by Crippen LogP contribution is 2.46. The third kappa shape index (κ3) is 7.66. The minimum atomic E-state index is -3.99. The first kappa shape index (κ1) is 24.2. The van der Waals surface area contributed by atoms with Crippen LogP contribution in [0.5, 0.6) is 5.75 Å². The number of halogens is 1. The number of ether oxygens (including phenoxy) is 1. The molecule has 2 aromatic rings. The van der Waals surface area contributed by atoms with Crippen LogP contribution >= 0.6 is 23.7 Å². The Bertz CT molecular complexity index is 907. The number of hydrogen-bond donors (Lipinski definition) is 2. The lowest BCUT2D eigenvalue weighted by molar-refractivity contribution is -0.111. The summed E-state index contributed by atoms with van der Waals surface area (Å²) in [7, 11) is -3.99. The number of carbonyl (C=O) groups excluding carboxylic acids is 1. The molecule has 30 heavy (non-hydrogen) atoms. The minimum Gasteiger partial charge on any atom is -0.478 e. The predicted octanol–water partition coefficient (Wildman–Crippen LogP) is 4.43. The van der Waals surface area contributed by atoms with E-state index in [4.69, 9.17) is 18.9 Å². The number of benzene rings is 2. The molecular formula is C20H23BrNO7P. The van der Waals surface area contributed by atoms with Gasteiger partial charge in [-0.2, -0.15) is 5.09 Å². The van der Waals surface area contributed by atoms with Crippen LogP contribution in [0.1, 0.15) is 29.8 Å². The van der Waals surface area contributed by atoms with Gasteiger partial charge >= 0.3 is 13.7 Å². The Morgan fingerprint density at radius 3 is 2.50 bits per heavy atom. The number of nitrogens with one attached hydrogen (secondary N) is 1. The predicted molar refractivity (Wildman–Crippen MR) is 115 cm³/mol. The highest BCUT2D eigenvalue weighted by atomic mass is 79.9. The Kier molecular flexibility index (Phi) is 9.20. The van der Waals surface area contributed by atoms with Gasteiger partial charge in [-0.15, -0.1) is 0 Å². The monoisotopic (exact) mass is 499 g/mol. The first-order valence-electron chi connectivity index (χ1n) is 9.08. The van der Waals surface area contributed by atoms with Crippen LogP contribution in [-0.2, 0) is 25.2 Å². The quantitative estimate of drug-likeness (QED) is 0.325. The summed E-state index contributed by atoms with van der Waals surface area (Å²) in [5, 5.41) is 11.7. The molecule has 162 valence electrons. The summed E-state index contributed by atoms with van der Waals surface area (Å²) >= 11 is 3.28. The molecule has 0 amide bonds. The fourth-order valence-electron chi connectivity index (χ4n) is 2.27. The number of carboxylic acids is 1. The third-order valence-electron chi connectivity index (χ3n) is 3.76. The van der Waals surface area contributed by atoms with Gasteiger partial charge < -0.3 is 19.2 Å². The van der Waals surface area contributed by atoms with Gasteiger partial charge in [0, 0.05) is 4.47 Å². The molecule has 0 saturated heterocycles. The van der Waals surface area contributed by atoms with E-state index >= 15 is 0 Å². The van der Waals surface area contributed by atoms with E-state index < -0.39 is 19.8 Å². The summed E-state index contributed by atoms with van der Waals surface area (Å²) in [5.41, 5.74) is 0.652. The molecule has 0 aliphatic rings. The molecule has 10 heteroatoms. The van der Waals surface area contributed by atoms with Crippen molar-refractivity contribution in [3.05, 3.63) is 64.1 Å². The first-order valence-corrected chi connectivity index (χ1v) is 11.4. The Balaban J connectivity index is 2.19. The zero-order valence-electron chi connectivity index (χ0n) is 16.5. The van der Waals surface area contributed by atoms with Gasteiger partial charge in [-0.3, -0.25) is 4.52 Å². The van der Waals surface area contributed by atoms with Gasteiger partial charge in [0.15, 0.2) is 0 Å². The van der Waals surface area contributed by atoms with Gasteiger partial charge in [0.05, 0.1) is 30.9 Å². The van der Waals surface area contributed by atoms with E-state index in [9.17, 15) is 14.2 Å². The van der Waals surface area contributed by atoms with E-state index in [-0.39, 0.29) is 24.9 Å². The van der Waals surface area contributed by atoms with Crippen molar-refractivity contribution < 1.29 is 33.0 Å². The molecule has 0 radical (unpaired) electrons. The molecular weight excluding hydrogens is 477 g/mol. The summed E-state index contributed by atoms with van der Waals surface area (Å²) in [6.45, 7) is 3.46. The third-order valence-corrected chi connectivity index (χ3v) is 6.06. The van der Waals surface area contributed by atoms with E-state index in [2.05, 4.69) is 21.0 Å². The maximum absolute atomic E-state index is 13.4. The molecule has 2 aromatic carbocycles. The molecule has 0 aliphatic heterocycles. The van der Waals surface area contributed by atoms with Gasteiger partial charge in [-0.25, -0.2) is 9.36 Å². The Hall–Kier alpha value is -2.03. The summed E-state index contributed by atoms with van der Waals surface area (Å²) in [6, 6.07) is 11.9. The lowest BCUT2D eigenvalue weighted by atomic mass is 10.1. The molecule has 0 heterocycles. The van der Waals surface area contributed by atoms with Crippen molar-refractivity contribution in [2.24, 2.45) is 0 Å². The van der Waals surface area contributed by atoms with Crippen LogP contribution in [0.3, 0.4) is 0 Å². The van der Waals surface area contributed by atoms with Crippen LogP contribution in [-0.4, -0.2) is 36.1 Å². The van der Waals surface area contributed by atoms with E-state index in [0.29, 0.717) is 22.1 Å². The molecule has 0 saturated carbocycles. The van der Waals surface area contributed by atoms with Crippen LogP contribution in [0.15, 0.2) is 53.0 Å². The topological polar surface area (TPSA) is 111 Å². The van der Waals surface area contributed by atoms with Gasteiger partial charge in [0.25, 0.3) is 0 Å². The Morgan fingerprint density at radius 2 is 1.93 bits per heavy atom. The second-order valence-electron chi connectivity index (χ2n) is 6.54. The lowest BCUT2D eigenvalue weighted by Crippen LogP contribution is -2.35. The Morgan fingerprint density at radius 1 is 1.23 bits per heavy atom. The van der Waals surface area contributed by atoms with Crippen molar-refractivity contribution in [2.45, 2.75) is 32.6 Å². The summed E-state index contributed by atoms with van der Waals surface area (Å²) in [5.74, 6) is -0.773. The smallest absolute Gasteiger partial charge is 0.459 e. The van der Waals surface area contributed by atoms with Crippen molar-refractivity contribution >= 4 is 35.9 Å².